The fourth-order valence-corrected chi connectivity index (χ4v) is 4.57. The summed E-state index contributed by atoms with van der Waals surface area (Å²) in [4.78, 5) is 27.2. The van der Waals surface area contributed by atoms with Gasteiger partial charge in [0.25, 0.3) is 5.91 Å². The predicted octanol–water partition coefficient (Wildman–Crippen LogP) is 6.84. The van der Waals surface area contributed by atoms with Gasteiger partial charge in [0.2, 0.25) is 0 Å². The summed E-state index contributed by atoms with van der Waals surface area (Å²) in [6.45, 7) is 5.96. The molecular weight excluding hydrogens is 444 g/mol. The van der Waals surface area contributed by atoms with E-state index < -0.39 is 5.91 Å². The van der Waals surface area contributed by atoms with Gasteiger partial charge in [-0.1, -0.05) is 80.0 Å². The number of rotatable bonds is 6. The molecule has 1 aromatic heterocycles. The summed E-state index contributed by atoms with van der Waals surface area (Å²) < 4.78 is 1.92. The molecule has 0 radical (unpaired) electrons. The standard InChI is InChI=1S/C29H27ClN2O2/c1-4-20-12-11-13-21(5-2)27(20)31-29(34)26-25(33)18-19(3)32(22-14-7-6-8-15-22)28(26)23-16-9-10-17-24(23)30/h6-18H,4-5H2,1-3H3,(H,31,34). The van der Waals surface area contributed by atoms with Gasteiger partial charge in [0.05, 0.1) is 5.69 Å². The molecule has 0 aliphatic carbocycles. The lowest BCUT2D eigenvalue weighted by Gasteiger charge is -2.22. The SMILES string of the molecule is CCc1cccc(CC)c1NC(=O)c1c(-c2ccccc2Cl)n(-c2ccccc2)c(C)cc1=O. The van der Waals surface area contributed by atoms with Crippen molar-refractivity contribution in [3.8, 4) is 16.9 Å². The minimum atomic E-state index is -0.444. The van der Waals surface area contributed by atoms with Gasteiger partial charge in [0.15, 0.2) is 5.43 Å². The molecule has 0 saturated heterocycles. The van der Waals surface area contributed by atoms with Crippen LogP contribution in [0.15, 0.2) is 83.7 Å². The normalized spacial score (nSPS) is 10.8. The number of nitrogens with zero attached hydrogens (tertiary/aromatic N) is 1. The third-order valence-electron chi connectivity index (χ3n) is 6.01. The second-order valence-corrected chi connectivity index (χ2v) is 8.54. The summed E-state index contributed by atoms with van der Waals surface area (Å²) in [5, 5.41) is 3.54. The smallest absolute Gasteiger partial charge is 0.261 e. The molecule has 4 nitrogen and oxygen atoms in total. The van der Waals surface area contributed by atoms with Crippen molar-refractivity contribution in [2.24, 2.45) is 0 Å². The van der Waals surface area contributed by atoms with Crippen molar-refractivity contribution in [1.29, 1.82) is 0 Å². The largest absolute Gasteiger partial charge is 0.321 e. The van der Waals surface area contributed by atoms with Crippen molar-refractivity contribution in [2.45, 2.75) is 33.6 Å². The second kappa shape index (κ2) is 10.1. The van der Waals surface area contributed by atoms with Crippen LogP contribution < -0.4 is 10.7 Å². The Balaban J connectivity index is 2.00. The number of halogens is 1. The molecule has 3 aromatic carbocycles. The molecule has 0 aliphatic rings. The van der Waals surface area contributed by atoms with Crippen LogP contribution in [0.5, 0.6) is 0 Å². The first-order chi connectivity index (χ1) is 16.5. The van der Waals surface area contributed by atoms with Gasteiger partial charge in [-0.3, -0.25) is 9.59 Å². The molecule has 0 fully saturated rings. The fraction of sp³-hybridized carbons (Fsp3) is 0.172. The van der Waals surface area contributed by atoms with Crippen LogP contribution in [0.3, 0.4) is 0 Å². The Morgan fingerprint density at radius 2 is 1.50 bits per heavy atom. The topological polar surface area (TPSA) is 51.1 Å². The molecule has 0 aliphatic heterocycles. The van der Waals surface area contributed by atoms with Crippen molar-refractivity contribution >= 4 is 23.2 Å². The Labute approximate surface area is 204 Å². The monoisotopic (exact) mass is 470 g/mol. The maximum atomic E-state index is 13.8. The first-order valence-electron chi connectivity index (χ1n) is 11.4. The molecule has 1 amide bonds. The van der Waals surface area contributed by atoms with Crippen molar-refractivity contribution in [1.82, 2.24) is 4.57 Å². The number of pyridine rings is 1. The van der Waals surface area contributed by atoms with Gasteiger partial charge in [-0.25, -0.2) is 0 Å². The average molecular weight is 471 g/mol. The molecule has 1 N–H and O–H groups in total. The third kappa shape index (κ3) is 4.42. The lowest BCUT2D eigenvalue weighted by atomic mass is 10.00. The zero-order chi connectivity index (χ0) is 24.2. The van der Waals surface area contributed by atoms with E-state index in [1.165, 1.54) is 6.07 Å². The Hall–Kier alpha value is -3.63. The highest BCUT2D eigenvalue weighted by Crippen LogP contribution is 2.33. The Kier molecular flexibility index (Phi) is 6.99. The molecule has 0 saturated carbocycles. The van der Waals surface area contributed by atoms with Crippen LogP contribution >= 0.6 is 11.6 Å². The highest BCUT2D eigenvalue weighted by Gasteiger charge is 2.25. The molecule has 4 rings (SSSR count). The lowest BCUT2D eigenvalue weighted by molar-refractivity contribution is 0.102. The van der Waals surface area contributed by atoms with Crippen molar-refractivity contribution in [3.05, 3.63) is 116 Å². The molecule has 0 spiro atoms. The van der Waals surface area contributed by atoms with E-state index in [-0.39, 0.29) is 11.0 Å². The van der Waals surface area contributed by atoms with Crippen LogP contribution in [0.25, 0.3) is 16.9 Å². The van der Waals surface area contributed by atoms with Crippen molar-refractivity contribution in [3.63, 3.8) is 0 Å². The Morgan fingerprint density at radius 3 is 2.12 bits per heavy atom. The average Bonchev–Trinajstić information content (AvgIpc) is 2.84. The quantitative estimate of drug-likeness (QED) is 0.335. The van der Waals surface area contributed by atoms with Crippen LogP contribution in [0.1, 0.15) is 41.0 Å². The number of carbonyl (C=O) groups is 1. The van der Waals surface area contributed by atoms with E-state index in [1.807, 2.05) is 92.1 Å². The zero-order valence-corrected chi connectivity index (χ0v) is 20.3. The van der Waals surface area contributed by atoms with Crippen LogP contribution in [0.4, 0.5) is 5.69 Å². The number of carbonyl (C=O) groups excluding carboxylic acids is 1. The van der Waals surface area contributed by atoms with E-state index >= 15 is 0 Å². The second-order valence-electron chi connectivity index (χ2n) is 8.14. The van der Waals surface area contributed by atoms with Gasteiger partial charge in [-0.15, -0.1) is 0 Å². The number of amides is 1. The first kappa shape index (κ1) is 23.5. The summed E-state index contributed by atoms with van der Waals surface area (Å²) in [7, 11) is 0. The van der Waals surface area contributed by atoms with E-state index in [0.29, 0.717) is 22.0 Å². The van der Waals surface area contributed by atoms with Crippen LogP contribution in [-0.4, -0.2) is 10.5 Å². The fourth-order valence-electron chi connectivity index (χ4n) is 4.35. The molecular formula is C29H27ClN2O2. The van der Waals surface area contributed by atoms with Crippen molar-refractivity contribution < 1.29 is 4.79 Å². The molecule has 34 heavy (non-hydrogen) atoms. The van der Waals surface area contributed by atoms with E-state index in [2.05, 4.69) is 5.32 Å². The van der Waals surface area contributed by atoms with Crippen LogP contribution in [0.2, 0.25) is 5.02 Å². The first-order valence-corrected chi connectivity index (χ1v) is 11.8. The van der Waals surface area contributed by atoms with Crippen LogP contribution in [-0.2, 0) is 12.8 Å². The maximum Gasteiger partial charge on any atom is 0.261 e. The Bertz CT molecular complexity index is 1390. The predicted molar refractivity (Wildman–Crippen MR) is 140 cm³/mol. The van der Waals surface area contributed by atoms with Gasteiger partial charge < -0.3 is 9.88 Å². The summed E-state index contributed by atoms with van der Waals surface area (Å²) in [6, 6.07) is 24.5. The van der Waals surface area contributed by atoms with Gasteiger partial charge in [0.1, 0.15) is 5.56 Å². The van der Waals surface area contributed by atoms with E-state index in [1.54, 1.807) is 6.07 Å². The molecule has 0 unspecified atom stereocenters. The highest BCUT2D eigenvalue weighted by atomic mass is 35.5. The molecule has 5 heteroatoms. The summed E-state index contributed by atoms with van der Waals surface area (Å²) >= 11 is 6.61. The minimum Gasteiger partial charge on any atom is -0.321 e. The van der Waals surface area contributed by atoms with E-state index in [0.717, 1.165) is 35.3 Å². The lowest BCUT2D eigenvalue weighted by Crippen LogP contribution is -2.27. The molecule has 172 valence electrons. The van der Waals surface area contributed by atoms with Gasteiger partial charge in [0, 0.05) is 33.7 Å². The summed E-state index contributed by atoms with van der Waals surface area (Å²) in [6.07, 6.45) is 1.53. The van der Waals surface area contributed by atoms with Gasteiger partial charge >= 0.3 is 0 Å². The minimum absolute atomic E-state index is 0.0653. The maximum absolute atomic E-state index is 13.8. The number of anilines is 1. The Morgan fingerprint density at radius 1 is 0.882 bits per heavy atom. The number of nitrogens with one attached hydrogen (secondary N) is 1. The van der Waals surface area contributed by atoms with E-state index in [4.69, 9.17) is 11.6 Å². The number of hydrogen-bond acceptors (Lipinski definition) is 2. The summed E-state index contributed by atoms with van der Waals surface area (Å²) in [5.41, 5.74) is 5.21. The zero-order valence-electron chi connectivity index (χ0n) is 19.6. The highest BCUT2D eigenvalue weighted by molar-refractivity contribution is 6.33. The molecule has 0 atom stereocenters. The number of benzene rings is 3. The number of para-hydroxylation sites is 2. The van der Waals surface area contributed by atoms with E-state index in [9.17, 15) is 9.59 Å². The summed E-state index contributed by atoms with van der Waals surface area (Å²) in [5.74, 6) is -0.444. The van der Waals surface area contributed by atoms with Crippen LogP contribution in [0, 0.1) is 6.92 Å². The molecule has 0 bridgehead atoms. The van der Waals surface area contributed by atoms with Gasteiger partial charge in [-0.05, 0) is 49.1 Å². The number of aryl methyl sites for hydroxylation is 3. The van der Waals surface area contributed by atoms with Gasteiger partial charge in [-0.2, -0.15) is 0 Å². The third-order valence-corrected chi connectivity index (χ3v) is 6.34. The van der Waals surface area contributed by atoms with Crippen molar-refractivity contribution in [2.75, 3.05) is 5.32 Å². The number of aromatic nitrogens is 1. The molecule has 4 aromatic rings. The number of hydrogen-bond donors (Lipinski definition) is 1. The molecule has 1 heterocycles.